The zero-order chi connectivity index (χ0) is 14.5. The fraction of sp³-hybridized carbons (Fsp3) is 0.412. The summed E-state index contributed by atoms with van der Waals surface area (Å²) < 4.78 is 0. The Morgan fingerprint density at radius 2 is 2.20 bits per heavy atom. The van der Waals surface area contributed by atoms with Crippen LogP contribution in [0.3, 0.4) is 0 Å². The minimum Gasteiger partial charge on any atom is -0.330 e. The third-order valence-electron chi connectivity index (χ3n) is 3.62. The first-order valence-electron chi connectivity index (χ1n) is 7.32. The topological polar surface area (TPSA) is 39.5 Å². The molecule has 0 bridgehead atoms. The monoisotopic (exact) mass is 269 g/mol. The minimum absolute atomic E-state index is 0.812. The number of unbranched alkanes of at least 4 members (excludes halogenated alkanes) is 1. The van der Waals surface area contributed by atoms with Gasteiger partial charge in [-0.05, 0) is 44.0 Å². The highest BCUT2D eigenvalue weighted by molar-refractivity contribution is 5.98. The molecule has 0 saturated carbocycles. The van der Waals surface area contributed by atoms with E-state index in [9.17, 15) is 0 Å². The van der Waals surface area contributed by atoms with Crippen LogP contribution in [0.2, 0.25) is 0 Å². The second kappa shape index (κ2) is 6.51. The summed E-state index contributed by atoms with van der Waals surface area (Å²) in [5.41, 5.74) is 4.51. The van der Waals surface area contributed by atoms with Crippen LogP contribution in [-0.2, 0) is 0 Å². The number of aliphatic imine (C=N–C) groups is 1. The van der Waals surface area contributed by atoms with E-state index in [0.717, 1.165) is 49.4 Å². The zero-order valence-electron chi connectivity index (χ0n) is 12.4. The van der Waals surface area contributed by atoms with Crippen molar-refractivity contribution in [2.45, 2.75) is 39.5 Å². The summed E-state index contributed by atoms with van der Waals surface area (Å²) in [6.07, 6.45) is 5.23. The van der Waals surface area contributed by atoms with Crippen LogP contribution in [0.1, 0.15) is 43.7 Å². The van der Waals surface area contributed by atoms with E-state index in [0.29, 0.717) is 0 Å². The lowest BCUT2D eigenvalue weighted by Crippen LogP contribution is -2.32. The maximum absolute atomic E-state index is 7.14. The molecule has 0 saturated heterocycles. The van der Waals surface area contributed by atoms with Crippen molar-refractivity contribution < 1.29 is 0 Å². The van der Waals surface area contributed by atoms with Gasteiger partial charge in [0.25, 0.3) is 0 Å². The molecule has 3 nitrogen and oxygen atoms in total. The van der Waals surface area contributed by atoms with E-state index in [1.54, 1.807) is 0 Å². The number of benzene rings is 1. The number of aryl methyl sites for hydroxylation is 1. The smallest absolute Gasteiger partial charge is 0.109 e. The van der Waals surface area contributed by atoms with Crippen LogP contribution >= 0.6 is 0 Å². The number of hydrogen-bond donors (Lipinski definition) is 1. The lowest BCUT2D eigenvalue weighted by Gasteiger charge is -2.33. The fourth-order valence-corrected chi connectivity index (χ4v) is 2.65. The SMILES string of the molecule is C=C1c2c(C)cccc2N=C(CCCC=N)N1CCC. The van der Waals surface area contributed by atoms with E-state index in [1.807, 2.05) is 0 Å². The van der Waals surface area contributed by atoms with Gasteiger partial charge >= 0.3 is 0 Å². The fourth-order valence-electron chi connectivity index (χ4n) is 2.65. The van der Waals surface area contributed by atoms with Gasteiger partial charge in [-0.3, -0.25) is 0 Å². The summed E-state index contributed by atoms with van der Waals surface area (Å²) >= 11 is 0. The molecule has 20 heavy (non-hydrogen) atoms. The van der Waals surface area contributed by atoms with Crippen LogP contribution in [0, 0.1) is 12.3 Å². The third kappa shape index (κ3) is 2.82. The third-order valence-corrected chi connectivity index (χ3v) is 3.62. The highest BCUT2D eigenvalue weighted by Gasteiger charge is 2.23. The summed E-state index contributed by atoms with van der Waals surface area (Å²) in [5.74, 6) is 1.09. The summed E-state index contributed by atoms with van der Waals surface area (Å²) in [6.45, 7) is 9.54. The van der Waals surface area contributed by atoms with Crippen LogP contribution in [0.4, 0.5) is 5.69 Å². The van der Waals surface area contributed by atoms with Crippen molar-refractivity contribution in [1.82, 2.24) is 4.90 Å². The second-order valence-corrected chi connectivity index (χ2v) is 5.19. The van der Waals surface area contributed by atoms with Gasteiger partial charge in [-0.15, -0.1) is 0 Å². The molecule has 1 aromatic rings. The zero-order valence-corrected chi connectivity index (χ0v) is 12.4. The molecular formula is C17H23N3. The molecule has 0 radical (unpaired) electrons. The Kier molecular flexibility index (Phi) is 4.72. The average molecular weight is 269 g/mol. The van der Waals surface area contributed by atoms with Crippen LogP contribution in [0.5, 0.6) is 0 Å². The normalized spacial score (nSPS) is 14.0. The molecule has 0 amide bonds. The van der Waals surface area contributed by atoms with Crippen molar-refractivity contribution in [3.63, 3.8) is 0 Å². The van der Waals surface area contributed by atoms with Crippen molar-refractivity contribution in [1.29, 1.82) is 5.41 Å². The second-order valence-electron chi connectivity index (χ2n) is 5.19. The molecular weight excluding hydrogens is 246 g/mol. The van der Waals surface area contributed by atoms with Crippen molar-refractivity contribution in [2.75, 3.05) is 6.54 Å². The van der Waals surface area contributed by atoms with E-state index in [4.69, 9.17) is 10.4 Å². The van der Waals surface area contributed by atoms with E-state index < -0.39 is 0 Å². The van der Waals surface area contributed by atoms with Crippen LogP contribution in [0.15, 0.2) is 29.8 Å². The lowest BCUT2D eigenvalue weighted by atomic mass is 10.0. The number of nitrogens with one attached hydrogen (secondary N) is 1. The Labute approximate surface area is 121 Å². The number of fused-ring (bicyclic) bond motifs is 1. The average Bonchev–Trinajstić information content (AvgIpc) is 2.43. The number of hydrogen-bond acceptors (Lipinski definition) is 3. The van der Waals surface area contributed by atoms with Crippen LogP contribution < -0.4 is 0 Å². The largest absolute Gasteiger partial charge is 0.330 e. The van der Waals surface area contributed by atoms with Crippen LogP contribution in [0.25, 0.3) is 5.70 Å². The van der Waals surface area contributed by atoms with E-state index in [-0.39, 0.29) is 0 Å². The molecule has 1 aliphatic rings. The van der Waals surface area contributed by atoms with Gasteiger partial charge in [-0.2, -0.15) is 0 Å². The highest BCUT2D eigenvalue weighted by atomic mass is 15.2. The number of amidine groups is 1. The summed E-state index contributed by atoms with van der Waals surface area (Å²) in [6, 6.07) is 6.23. The molecule has 0 aliphatic carbocycles. The molecule has 1 aliphatic heterocycles. The van der Waals surface area contributed by atoms with Gasteiger partial charge in [0.05, 0.1) is 5.69 Å². The maximum atomic E-state index is 7.14. The Balaban J connectivity index is 2.36. The van der Waals surface area contributed by atoms with Crippen molar-refractivity contribution in [2.24, 2.45) is 4.99 Å². The van der Waals surface area contributed by atoms with Crippen molar-refractivity contribution in [3.05, 3.63) is 35.9 Å². The molecule has 1 aromatic carbocycles. The lowest BCUT2D eigenvalue weighted by molar-refractivity contribution is 0.551. The standard InChI is InChI=1S/C17H23N3/c1-4-12-20-14(3)17-13(2)8-7-9-15(17)19-16(20)10-5-6-11-18/h7-9,11,18H,3-6,10,12H2,1-2H3. The number of nitrogens with zero attached hydrogens (tertiary/aromatic N) is 2. The van der Waals surface area contributed by atoms with Gasteiger partial charge in [-0.1, -0.05) is 25.6 Å². The molecule has 0 atom stereocenters. The molecule has 3 heteroatoms. The Morgan fingerprint density at radius 1 is 1.40 bits per heavy atom. The molecule has 1 heterocycles. The molecule has 0 aromatic heterocycles. The van der Waals surface area contributed by atoms with Gasteiger partial charge in [0.2, 0.25) is 0 Å². The molecule has 0 fully saturated rings. The first-order valence-corrected chi connectivity index (χ1v) is 7.32. The van der Waals surface area contributed by atoms with E-state index >= 15 is 0 Å². The van der Waals surface area contributed by atoms with Gasteiger partial charge in [0.15, 0.2) is 0 Å². The van der Waals surface area contributed by atoms with Gasteiger partial charge < -0.3 is 10.3 Å². The predicted octanol–water partition coefficient (Wildman–Crippen LogP) is 4.54. The molecule has 0 unspecified atom stereocenters. The van der Waals surface area contributed by atoms with Gasteiger partial charge in [-0.25, -0.2) is 4.99 Å². The van der Waals surface area contributed by atoms with Crippen LogP contribution in [-0.4, -0.2) is 23.5 Å². The first-order chi connectivity index (χ1) is 9.69. The van der Waals surface area contributed by atoms with E-state index in [1.165, 1.54) is 17.3 Å². The minimum atomic E-state index is 0.812. The van der Waals surface area contributed by atoms with Gasteiger partial charge in [0.1, 0.15) is 5.84 Å². The quantitative estimate of drug-likeness (QED) is 0.597. The molecule has 1 N–H and O–H groups in total. The molecule has 0 spiro atoms. The number of rotatable bonds is 6. The van der Waals surface area contributed by atoms with Crippen molar-refractivity contribution in [3.8, 4) is 0 Å². The highest BCUT2D eigenvalue weighted by Crippen LogP contribution is 2.36. The summed E-state index contributed by atoms with van der Waals surface area (Å²) in [7, 11) is 0. The van der Waals surface area contributed by atoms with E-state index in [2.05, 4.69) is 43.5 Å². The maximum Gasteiger partial charge on any atom is 0.109 e. The van der Waals surface area contributed by atoms with Crippen molar-refractivity contribution >= 4 is 23.4 Å². The first kappa shape index (κ1) is 14.5. The van der Waals surface area contributed by atoms with Gasteiger partial charge in [0, 0.05) is 24.2 Å². The summed E-state index contributed by atoms with van der Waals surface area (Å²) in [5, 5.41) is 7.14. The molecule has 2 rings (SSSR count). The predicted molar refractivity (Wildman–Crippen MR) is 86.9 cm³/mol. The Bertz CT molecular complexity index is 543. The molecule has 106 valence electrons. The summed E-state index contributed by atoms with van der Waals surface area (Å²) in [4.78, 5) is 7.08. The Morgan fingerprint density at radius 3 is 2.90 bits per heavy atom. The Hall–Kier alpha value is -1.90.